The molecule has 7 heteroatoms. The Morgan fingerprint density at radius 1 is 1.33 bits per heavy atom. The van der Waals surface area contributed by atoms with Crippen molar-refractivity contribution in [2.75, 3.05) is 38.6 Å². The van der Waals surface area contributed by atoms with E-state index in [0.717, 1.165) is 25.5 Å². The summed E-state index contributed by atoms with van der Waals surface area (Å²) in [5, 5.41) is 3.56. The standard InChI is InChI=1S/C14H22N4O2S/c1-17(2)21(19,20)12-5-6-14(16-8-12)18-9-11-4-3-7-15-13(11)10-18/h5-6,8,11,13,15H,3-4,7,9-10H2,1-2H3/t11-,13+/m0/s1. The van der Waals surface area contributed by atoms with E-state index in [1.165, 1.54) is 37.4 Å². The number of pyridine rings is 1. The lowest BCUT2D eigenvalue weighted by Gasteiger charge is -2.24. The first kappa shape index (κ1) is 14.7. The molecule has 21 heavy (non-hydrogen) atoms. The van der Waals surface area contributed by atoms with Gasteiger partial charge in [-0.25, -0.2) is 17.7 Å². The fourth-order valence-corrected chi connectivity index (χ4v) is 4.00. The molecule has 2 aliphatic rings. The van der Waals surface area contributed by atoms with E-state index in [-0.39, 0.29) is 4.90 Å². The maximum absolute atomic E-state index is 12.0. The van der Waals surface area contributed by atoms with Crippen molar-refractivity contribution < 1.29 is 8.42 Å². The molecule has 0 spiro atoms. The molecule has 0 amide bonds. The molecule has 0 aromatic carbocycles. The summed E-state index contributed by atoms with van der Waals surface area (Å²) in [4.78, 5) is 6.85. The van der Waals surface area contributed by atoms with Crippen molar-refractivity contribution in [2.45, 2.75) is 23.8 Å². The Hall–Kier alpha value is -1.18. The molecule has 2 fully saturated rings. The predicted octanol–water partition coefficient (Wildman–Crippen LogP) is 0.520. The van der Waals surface area contributed by atoms with Crippen molar-refractivity contribution in [1.82, 2.24) is 14.6 Å². The minimum absolute atomic E-state index is 0.242. The first-order valence-corrected chi connectivity index (χ1v) is 8.79. The minimum atomic E-state index is -3.40. The van der Waals surface area contributed by atoms with Gasteiger partial charge in [-0.15, -0.1) is 0 Å². The van der Waals surface area contributed by atoms with Crippen LogP contribution < -0.4 is 10.2 Å². The zero-order chi connectivity index (χ0) is 15.0. The van der Waals surface area contributed by atoms with Crippen LogP contribution in [0.1, 0.15) is 12.8 Å². The van der Waals surface area contributed by atoms with Crippen LogP contribution in [0.4, 0.5) is 5.82 Å². The van der Waals surface area contributed by atoms with Crippen molar-refractivity contribution in [3.8, 4) is 0 Å². The van der Waals surface area contributed by atoms with E-state index in [4.69, 9.17) is 0 Å². The molecule has 1 N–H and O–H groups in total. The zero-order valence-corrected chi connectivity index (χ0v) is 13.3. The Bertz CT molecular complexity index is 586. The Kier molecular flexibility index (Phi) is 3.90. The van der Waals surface area contributed by atoms with Gasteiger partial charge < -0.3 is 10.2 Å². The molecule has 1 aromatic heterocycles. The van der Waals surface area contributed by atoms with E-state index < -0.39 is 10.0 Å². The Balaban J connectivity index is 1.76. The van der Waals surface area contributed by atoms with Gasteiger partial charge in [0.15, 0.2) is 0 Å². The number of piperidine rings is 1. The summed E-state index contributed by atoms with van der Waals surface area (Å²) in [6.07, 6.45) is 3.96. The van der Waals surface area contributed by atoms with E-state index in [0.29, 0.717) is 12.0 Å². The lowest BCUT2D eigenvalue weighted by atomic mass is 9.94. The van der Waals surface area contributed by atoms with Crippen molar-refractivity contribution in [2.24, 2.45) is 5.92 Å². The highest BCUT2D eigenvalue weighted by atomic mass is 32.2. The summed E-state index contributed by atoms with van der Waals surface area (Å²) in [5.74, 6) is 1.55. The molecule has 0 bridgehead atoms. The van der Waals surface area contributed by atoms with Crippen LogP contribution >= 0.6 is 0 Å². The van der Waals surface area contributed by atoms with Crippen LogP contribution in [-0.2, 0) is 10.0 Å². The van der Waals surface area contributed by atoms with E-state index in [1.807, 2.05) is 6.07 Å². The third kappa shape index (κ3) is 2.77. The molecule has 116 valence electrons. The zero-order valence-electron chi connectivity index (χ0n) is 12.5. The van der Waals surface area contributed by atoms with Gasteiger partial charge in [0, 0.05) is 39.4 Å². The number of aromatic nitrogens is 1. The molecule has 0 unspecified atom stereocenters. The quantitative estimate of drug-likeness (QED) is 0.882. The van der Waals surface area contributed by atoms with Crippen molar-refractivity contribution in [3.05, 3.63) is 18.3 Å². The van der Waals surface area contributed by atoms with Gasteiger partial charge in [-0.05, 0) is 37.4 Å². The topological polar surface area (TPSA) is 65.5 Å². The molecular formula is C14H22N4O2S. The molecule has 0 radical (unpaired) electrons. The summed E-state index contributed by atoms with van der Waals surface area (Å²) in [7, 11) is -0.342. The third-order valence-corrected chi connectivity index (χ3v) is 6.22. The summed E-state index contributed by atoms with van der Waals surface area (Å²) >= 11 is 0. The highest BCUT2D eigenvalue weighted by Crippen LogP contribution is 2.28. The Labute approximate surface area is 126 Å². The van der Waals surface area contributed by atoms with Gasteiger partial charge in [0.25, 0.3) is 0 Å². The predicted molar refractivity (Wildman–Crippen MR) is 81.8 cm³/mol. The van der Waals surface area contributed by atoms with Gasteiger partial charge >= 0.3 is 0 Å². The lowest BCUT2D eigenvalue weighted by molar-refractivity contribution is 0.340. The van der Waals surface area contributed by atoms with Crippen LogP contribution in [0, 0.1) is 5.92 Å². The van der Waals surface area contributed by atoms with Gasteiger partial charge in [-0.2, -0.15) is 0 Å². The molecule has 1 aromatic rings. The molecule has 3 rings (SSSR count). The van der Waals surface area contributed by atoms with Crippen LogP contribution in [-0.4, -0.2) is 57.5 Å². The van der Waals surface area contributed by atoms with Crippen molar-refractivity contribution in [3.63, 3.8) is 0 Å². The monoisotopic (exact) mass is 310 g/mol. The van der Waals surface area contributed by atoms with Gasteiger partial charge in [0.1, 0.15) is 10.7 Å². The maximum Gasteiger partial charge on any atom is 0.244 e. The number of nitrogens with zero attached hydrogens (tertiary/aromatic N) is 3. The van der Waals surface area contributed by atoms with Crippen LogP contribution in [0.2, 0.25) is 0 Å². The molecule has 2 saturated heterocycles. The summed E-state index contributed by atoms with van der Waals surface area (Å²) in [6, 6.07) is 4.01. The second-order valence-electron chi connectivity index (χ2n) is 6.01. The highest BCUT2D eigenvalue weighted by molar-refractivity contribution is 7.89. The Morgan fingerprint density at radius 2 is 2.14 bits per heavy atom. The van der Waals surface area contributed by atoms with E-state index >= 15 is 0 Å². The number of fused-ring (bicyclic) bond motifs is 1. The van der Waals surface area contributed by atoms with Crippen LogP contribution in [0.15, 0.2) is 23.2 Å². The van der Waals surface area contributed by atoms with Gasteiger partial charge in [-0.1, -0.05) is 0 Å². The summed E-state index contributed by atoms with van der Waals surface area (Å²) < 4.78 is 25.3. The number of sulfonamides is 1. The molecule has 2 aliphatic heterocycles. The SMILES string of the molecule is CN(C)S(=O)(=O)c1ccc(N2C[C@@H]3CCCN[C@@H]3C2)nc1. The average molecular weight is 310 g/mol. The van der Waals surface area contributed by atoms with E-state index in [9.17, 15) is 8.42 Å². The van der Waals surface area contributed by atoms with E-state index in [2.05, 4.69) is 15.2 Å². The normalized spacial score (nSPS) is 26.1. The molecule has 6 nitrogen and oxygen atoms in total. The molecule has 3 heterocycles. The van der Waals surface area contributed by atoms with Gasteiger partial charge in [0.05, 0.1) is 0 Å². The maximum atomic E-state index is 12.0. The van der Waals surface area contributed by atoms with Crippen LogP contribution in [0.3, 0.4) is 0 Å². The third-order valence-electron chi connectivity index (χ3n) is 4.42. The number of rotatable bonds is 3. The summed E-state index contributed by atoms with van der Waals surface area (Å²) in [6.45, 7) is 3.06. The first-order chi connectivity index (χ1) is 9.98. The lowest BCUT2D eigenvalue weighted by Crippen LogP contribution is -2.40. The molecule has 0 aliphatic carbocycles. The van der Waals surface area contributed by atoms with Gasteiger partial charge in [0.2, 0.25) is 10.0 Å². The number of hydrogen-bond donors (Lipinski definition) is 1. The number of nitrogens with one attached hydrogen (secondary N) is 1. The van der Waals surface area contributed by atoms with Crippen molar-refractivity contribution >= 4 is 15.8 Å². The second-order valence-corrected chi connectivity index (χ2v) is 8.16. The summed E-state index contributed by atoms with van der Waals surface area (Å²) in [5.41, 5.74) is 0. The van der Waals surface area contributed by atoms with Crippen molar-refractivity contribution in [1.29, 1.82) is 0 Å². The highest BCUT2D eigenvalue weighted by Gasteiger charge is 2.34. The van der Waals surface area contributed by atoms with Crippen LogP contribution in [0.25, 0.3) is 0 Å². The smallest absolute Gasteiger partial charge is 0.244 e. The molecular weight excluding hydrogens is 288 g/mol. The fourth-order valence-electron chi connectivity index (χ4n) is 3.16. The average Bonchev–Trinajstić information content (AvgIpc) is 2.91. The van der Waals surface area contributed by atoms with E-state index in [1.54, 1.807) is 6.07 Å². The second kappa shape index (κ2) is 5.55. The molecule has 0 saturated carbocycles. The first-order valence-electron chi connectivity index (χ1n) is 7.35. The van der Waals surface area contributed by atoms with Crippen LogP contribution in [0.5, 0.6) is 0 Å². The Morgan fingerprint density at radius 3 is 2.76 bits per heavy atom. The van der Waals surface area contributed by atoms with Gasteiger partial charge in [-0.3, -0.25) is 0 Å². The number of hydrogen-bond acceptors (Lipinski definition) is 5. The number of anilines is 1. The molecule has 2 atom stereocenters. The largest absolute Gasteiger partial charge is 0.355 e. The minimum Gasteiger partial charge on any atom is -0.355 e. The fraction of sp³-hybridized carbons (Fsp3) is 0.643.